The van der Waals surface area contributed by atoms with E-state index in [-0.39, 0.29) is 16.9 Å². The summed E-state index contributed by atoms with van der Waals surface area (Å²) in [5, 5.41) is 3.36. The van der Waals surface area contributed by atoms with Crippen molar-refractivity contribution in [2.45, 2.75) is 18.9 Å². The van der Waals surface area contributed by atoms with Gasteiger partial charge in [-0.2, -0.15) is 0 Å². The van der Waals surface area contributed by atoms with Gasteiger partial charge in [-0.05, 0) is 43.1 Å². The topological polar surface area (TPSA) is 25.2 Å². The average molecular weight is 268 g/mol. The van der Waals surface area contributed by atoms with E-state index in [4.69, 9.17) is 16.0 Å². The fourth-order valence-corrected chi connectivity index (χ4v) is 2.14. The molecule has 1 aromatic carbocycles. The van der Waals surface area contributed by atoms with Gasteiger partial charge in [0.15, 0.2) is 0 Å². The van der Waals surface area contributed by atoms with Crippen LogP contribution in [0.3, 0.4) is 0 Å². The van der Waals surface area contributed by atoms with Crippen LogP contribution in [0.25, 0.3) is 0 Å². The summed E-state index contributed by atoms with van der Waals surface area (Å²) in [4.78, 5) is 0. The molecule has 1 unspecified atom stereocenters. The average Bonchev–Trinajstić information content (AvgIpc) is 2.86. The summed E-state index contributed by atoms with van der Waals surface area (Å²) in [7, 11) is 1.87. The largest absolute Gasteiger partial charge is 0.472 e. The smallest absolute Gasteiger partial charge is 0.145 e. The number of nitrogens with one attached hydrogen (secondary N) is 1. The zero-order valence-electron chi connectivity index (χ0n) is 10.1. The van der Waals surface area contributed by atoms with Crippen molar-refractivity contribution >= 4 is 11.6 Å². The SMILES string of the molecule is CNC(Cc1ccoc1)Cc1cccc(Cl)c1F. The Labute approximate surface area is 111 Å². The van der Waals surface area contributed by atoms with Crippen LogP contribution < -0.4 is 5.32 Å². The van der Waals surface area contributed by atoms with E-state index in [1.807, 2.05) is 13.1 Å². The lowest BCUT2D eigenvalue weighted by molar-refractivity contribution is 0.524. The Morgan fingerprint density at radius 3 is 2.83 bits per heavy atom. The summed E-state index contributed by atoms with van der Waals surface area (Å²) in [6.07, 6.45) is 4.73. The maximum Gasteiger partial charge on any atom is 0.145 e. The van der Waals surface area contributed by atoms with E-state index in [1.165, 1.54) is 0 Å². The van der Waals surface area contributed by atoms with Gasteiger partial charge >= 0.3 is 0 Å². The molecule has 0 saturated heterocycles. The molecule has 0 aliphatic carbocycles. The van der Waals surface area contributed by atoms with Gasteiger partial charge in [0.25, 0.3) is 0 Å². The van der Waals surface area contributed by atoms with Gasteiger partial charge in [0.1, 0.15) is 5.82 Å². The van der Waals surface area contributed by atoms with E-state index >= 15 is 0 Å². The van der Waals surface area contributed by atoms with Crippen LogP contribution in [0.4, 0.5) is 4.39 Å². The van der Waals surface area contributed by atoms with Crippen molar-refractivity contribution in [1.29, 1.82) is 0 Å². The second-order valence-electron chi connectivity index (χ2n) is 4.24. The van der Waals surface area contributed by atoms with Crippen LogP contribution in [0.1, 0.15) is 11.1 Å². The van der Waals surface area contributed by atoms with Crippen LogP contribution in [-0.2, 0) is 12.8 Å². The van der Waals surface area contributed by atoms with Crippen molar-refractivity contribution in [2.24, 2.45) is 0 Å². The molecule has 0 radical (unpaired) electrons. The third-order valence-corrected chi connectivity index (χ3v) is 3.26. The van der Waals surface area contributed by atoms with Crippen LogP contribution >= 0.6 is 11.6 Å². The predicted octanol–water partition coefficient (Wildman–Crippen LogP) is 3.45. The Bertz CT molecular complexity index is 499. The molecule has 1 atom stereocenters. The third kappa shape index (κ3) is 3.12. The molecular formula is C14H15ClFNO. The molecule has 0 saturated carbocycles. The normalized spacial score (nSPS) is 12.6. The molecular weight excluding hydrogens is 253 g/mol. The Morgan fingerprint density at radius 2 is 2.17 bits per heavy atom. The first-order valence-corrected chi connectivity index (χ1v) is 6.19. The standard InChI is InChI=1S/C14H15ClFNO/c1-17-12(7-10-5-6-18-9-10)8-11-3-2-4-13(15)14(11)16/h2-6,9,12,17H,7-8H2,1H3. The first-order chi connectivity index (χ1) is 8.70. The number of likely N-dealkylation sites (N-methyl/N-ethyl adjacent to an activating group) is 1. The van der Waals surface area contributed by atoms with Gasteiger partial charge in [0.05, 0.1) is 17.5 Å². The molecule has 1 N–H and O–H groups in total. The van der Waals surface area contributed by atoms with Gasteiger partial charge in [-0.25, -0.2) is 4.39 Å². The molecule has 4 heteroatoms. The zero-order chi connectivity index (χ0) is 13.0. The van der Waals surface area contributed by atoms with E-state index < -0.39 is 0 Å². The first kappa shape index (κ1) is 13.1. The lowest BCUT2D eigenvalue weighted by atomic mass is 10.0. The monoisotopic (exact) mass is 267 g/mol. The summed E-state index contributed by atoms with van der Waals surface area (Å²) < 4.78 is 18.8. The molecule has 1 aromatic heterocycles. The predicted molar refractivity (Wildman–Crippen MR) is 70.4 cm³/mol. The van der Waals surface area contributed by atoms with Crippen LogP contribution in [-0.4, -0.2) is 13.1 Å². The maximum atomic E-state index is 13.8. The lowest BCUT2D eigenvalue weighted by Gasteiger charge is -2.16. The summed E-state index contributed by atoms with van der Waals surface area (Å²) in [6, 6.07) is 7.16. The highest BCUT2D eigenvalue weighted by Gasteiger charge is 2.13. The Kier molecular flexibility index (Phi) is 4.39. The molecule has 0 aliphatic rings. The Morgan fingerprint density at radius 1 is 1.33 bits per heavy atom. The quantitative estimate of drug-likeness (QED) is 0.898. The number of furan rings is 1. The lowest BCUT2D eigenvalue weighted by Crippen LogP contribution is -2.30. The van der Waals surface area contributed by atoms with Gasteiger partial charge in [0.2, 0.25) is 0 Å². The molecule has 18 heavy (non-hydrogen) atoms. The summed E-state index contributed by atoms with van der Waals surface area (Å²) in [5.74, 6) is -0.327. The summed E-state index contributed by atoms with van der Waals surface area (Å²) in [6.45, 7) is 0. The highest BCUT2D eigenvalue weighted by Crippen LogP contribution is 2.20. The van der Waals surface area contributed by atoms with E-state index in [2.05, 4.69) is 5.32 Å². The van der Waals surface area contributed by atoms with Gasteiger partial charge in [-0.15, -0.1) is 0 Å². The molecule has 96 valence electrons. The molecule has 0 amide bonds. The van der Waals surface area contributed by atoms with Crippen molar-refractivity contribution < 1.29 is 8.81 Å². The molecule has 1 heterocycles. The number of hydrogen-bond donors (Lipinski definition) is 1. The molecule has 0 bridgehead atoms. The van der Waals surface area contributed by atoms with Crippen LogP contribution in [0, 0.1) is 5.82 Å². The molecule has 2 rings (SSSR count). The van der Waals surface area contributed by atoms with Crippen molar-refractivity contribution in [3.8, 4) is 0 Å². The second kappa shape index (κ2) is 6.03. The zero-order valence-corrected chi connectivity index (χ0v) is 10.9. The fourth-order valence-electron chi connectivity index (χ4n) is 1.94. The van der Waals surface area contributed by atoms with Gasteiger partial charge < -0.3 is 9.73 Å². The van der Waals surface area contributed by atoms with Crippen molar-refractivity contribution in [2.75, 3.05) is 7.05 Å². The molecule has 0 fully saturated rings. The molecule has 0 aliphatic heterocycles. The molecule has 0 spiro atoms. The minimum atomic E-state index is -0.327. The van der Waals surface area contributed by atoms with Gasteiger partial charge in [0, 0.05) is 6.04 Å². The number of benzene rings is 1. The fraction of sp³-hybridized carbons (Fsp3) is 0.286. The van der Waals surface area contributed by atoms with Gasteiger partial charge in [-0.1, -0.05) is 23.7 Å². The minimum Gasteiger partial charge on any atom is -0.472 e. The number of hydrogen-bond acceptors (Lipinski definition) is 2. The molecule has 2 nitrogen and oxygen atoms in total. The number of rotatable bonds is 5. The first-order valence-electron chi connectivity index (χ1n) is 5.82. The van der Waals surface area contributed by atoms with Crippen LogP contribution in [0.15, 0.2) is 41.2 Å². The highest BCUT2D eigenvalue weighted by molar-refractivity contribution is 6.30. The van der Waals surface area contributed by atoms with Crippen LogP contribution in [0.2, 0.25) is 5.02 Å². The van der Waals surface area contributed by atoms with Crippen molar-refractivity contribution in [3.63, 3.8) is 0 Å². The van der Waals surface area contributed by atoms with Crippen molar-refractivity contribution in [3.05, 3.63) is 58.8 Å². The maximum absolute atomic E-state index is 13.8. The van der Waals surface area contributed by atoms with E-state index in [0.29, 0.717) is 12.0 Å². The Balaban J connectivity index is 2.08. The minimum absolute atomic E-state index is 0.149. The third-order valence-electron chi connectivity index (χ3n) is 2.97. The Hall–Kier alpha value is -1.32. The summed E-state index contributed by atoms with van der Waals surface area (Å²) in [5.41, 5.74) is 1.72. The van der Waals surface area contributed by atoms with Crippen molar-refractivity contribution in [1.82, 2.24) is 5.32 Å². The van der Waals surface area contributed by atoms with Gasteiger partial charge in [-0.3, -0.25) is 0 Å². The number of halogens is 2. The van der Waals surface area contributed by atoms with Crippen LogP contribution in [0.5, 0.6) is 0 Å². The second-order valence-corrected chi connectivity index (χ2v) is 4.65. The van der Waals surface area contributed by atoms with E-state index in [0.717, 1.165) is 12.0 Å². The van der Waals surface area contributed by atoms with E-state index in [9.17, 15) is 4.39 Å². The molecule has 2 aromatic rings. The highest BCUT2D eigenvalue weighted by atomic mass is 35.5. The van der Waals surface area contributed by atoms with E-state index in [1.54, 1.807) is 30.7 Å². The summed E-state index contributed by atoms with van der Waals surface area (Å²) >= 11 is 5.77.